The molecule has 1 aromatic carbocycles. The number of imidazole rings is 1. The lowest BCUT2D eigenvalue weighted by Crippen LogP contribution is -2.06. The lowest BCUT2D eigenvalue weighted by molar-refractivity contribution is 0.716. The molecule has 0 fully saturated rings. The molecule has 158 valence electrons. The van der Waals surface area contributed by atoms with Gasteiger partial charge in [-0.3, -0.25) is 0 Å². The molecule has 0 aliphatic carbocycles. The Hall–Kier alpha value is -2.91. The van der Waals surface area contributed by atoms with E-state index in [9.17, 15) is 5.26 Å². The van der Waals surface area contributed by atoms with Crippen molar-refractivity contribution in [1.29, 1.82) is 5.26 Å². The van der Waals surface area contributed by atoms with Gasteiger partial charge in [-0.1, -0.05) is 31.2 Å². The summed E-state index contributed by atoms with van der Waals surface area (Å²) in [6, 6.07) is 12.9. The van der Waals surface area contributed by atoms with E-state index in [1.165, 1.54) is 11.1 Å². The Bertz CT molecular complexity index is 1290. The lowest BCUT2D eigenvalue weighted by atomic mass is 10.1. The fourth-order valence-corrected chi connectivity index (χ4v) is 4.69. The molecule has 0 atom stereocenters. The molecule has 0 aliphatic heterocycles. The minimum Gasteiger partial charge on any atom is -0.345 e. The molecule has 0 bridgehead atoms. The molecule has 31 heavy (non-hydrogen) atoms. The molecule has 0 spiro atoms. The number of aryl methyl sites for hydroxylation is 4. The highest BCUT2D eigenvalue weighted by Crippen LogP contribution is 2.31. The van der Waals surface area contributed by atoms with Gasteiger partial charge < -0.3 is 9.13 Å². The molecule has 3 aromatic heterocycles. The first kappa shape index (κ1) is 21.3. The monoisotopic (exact) mass is 475 g/mol. The van der Waals surface area contributed by atoms with Crippen LogP contribution in [0, 0.1) is 25.2 Å². The van der Waals surface area contributed by atoms with Crippen LogP contribution in [0.4, 0.5) is 0 Å². The molecule has 6 heteroatoms. The number of fused-ring (bicyclic) bond motifs is 1. The summed E-state index contributed by atoms with van der Waals surface area (Å²) in [5, 5.41) is 9.61. The van der Waals surface area contributed by atoms with E-state index in [0.717, 1.165) is 64.3 Å². The Kier molecular flexibility index (Phi) is 5.97. The zero-order chi connectivity index (χ0) is 22.1. The van der Waals surface area contributed by atoms with E-state index in [2.05, 4.69) is 82.2 Å². The number of pyridine rings is 1. The second-order valence-corrected chi connectivity index (χ2v) is 8.77. The average molecular weight is 476 g/mol. The molecule has 0 saturated carbocycles. The predicted octanol–water partition coefficient (Wildman–Crippen LogP) is 6.17. The highest BCUT2D eigenvalue weighted by atomic mass is 79.9. The number of halogens is 1. The van der Waals surface area contributed by atoms with Gasteiger partial charge in [0.25, 0.3) is 0 Å². The SMILES string of the molecule is CCCc1nc2c(C)cc(C)nc2n1Cc1ccc(-c2c(C#N)c(Br)cn2CC)cc1. The number of benzene rings is 1. The maximum absolute atomic E-state index is 9.61. The third-order valence-corrected chi connectivity index (χ3v) is 6.23. The Morgan fingerprint density at radius 1 is 1.10 bits per heavy atom. The van der Waals surface area contributed by atoms with Crippen molar-refractivity contribution in [1.82, 2.24) is 19.1 Å². The number of rotatable bonds is 6. The third kappa shape index (κ3) is 3.90. The smallest absolute Gasteiger partial charge is 0.160 e. The summed E-state index contributed by atoms with van der Waals surface area (Å²) < 4.78 is 5.19. The Morgan fingerprint density at radius 2 is 1.84 bits per heavy atom. The van der Waals surface area contributed by atoms with Gasteiger partial charge in [0.2, 0.25) is 0 Å². The van der Waals surface area contributed by atoms with Crippen molar-refractivity contribution in [3.8, 4) is 17.3 Å². The first-order valence-electron chi connectivity index (χ1n) is 10.7. The second kappa shape index (κ2) is 8.68. The Morgan fingerprint density at radius 3 is 2.48 bits per heavy atom. The molecule has 3 heterocycles. The lowest BCUT2D eigenvalue weighted by Gasteiger charge is -2.11. The molecular formula is C25H26BrN5. The van der Waals surface area contributed by atoms with Gasteiger partial charge in [-0.05, 0) is 65.9 Å². The van der Waals surface area contributed by atoms with Crippen LogP contribution in [-0.4, -0.2) is 19.1 Å². The van der Waals surface area contributed by atoms with Gasteiger partial charge in [0, 0.05) is 24.9 Å². The van der Waals surface area contributed by atoms with Crippen LogP contribution in [0.15, 0.2) is 41.0 Å². The molecule has 0 aliphatic rings. The molecule has 5 nitrogen and oxygen atoms in total. The van der Waals surface area contributed by atoms with E-state index in [0.29, 0.717) is 5.56 Å². The molecule has 0 unspecified atom stereocenters. The standard InChI is InChI=1S/C25H26BrN5/c1-5-7-22-29-23-16(3)12-17(4)28-25(23)31(22)14-18-8-10-19(11-9-18)24-20(13-27)21(26)15-30(24)6-2/h8-12,15H,5-7,14H2,1-4H3. The van der Waals surface area contributed by atoms with Crippen molar-refractivity contribution in [2.45, 2.75) is 53.6 Å². The highest BCUT2D eigenvalue weighted by Gasteiger charge is 2.17. The number of aromatic nitrogens is 4. The zero-order valence-corrected chi connectivity index (χ0v) is 20.0. The van der Waals surface area contributed by atoms with Crippen molar-refractivity contribution in [2.75, 3.05) is 0 Å². The number of hydrogen-bond donors (Lipinski definition) is 0. The van der Waals surface area contributed by atoms with Gasteiger partial charge in [0.1, 0.15) is 17.4 Å². The van der Waals surface area contributed by atoms with Crippen LogP contribution in [-0.2, 0) is 19.5 Å². The highest BCUT2D eigenvalue weighted by molar-refractivity contribution is 9.10. The summed E-state index contributed by atoms with van der Waals surface area (Å²) in [5.74, 6) is 1.08. The van der Waals surface area contributed by atoms with E-state index < -0.39 is 0 Å². The van der Waals surface area contributed by atoms with E-state index in [-0.39, 0.29) is 0 Å². The number of nitrogens with zero attached hydrogens (tertiary/aromatic N) is 5. The minimum atomic E-state index is 0.676. The number of hydrogen-bond acceptors (Lipinski definition) is 3. The van der Waals surface area contributed by atoms with Gasteiger partial charge in [-0.15, -0.1) is 0 Å². The van der Waals surface area contributed by atoms with Crippen LogP contribution in [0.1, 0.15) is 48.5 Å². The van der Waals surface area contributed by atoms with E-state index in [1.54, 1.807) is 0 Å². The van der Waals surface area contributed by atoms with Crippen molar-refractivity contribution >= 4 is 27.1 Å². The predicted molar refractivity (Wildman–Crippen MR) is 128 cm³/mol. The molecule has 4 aromatic rings. The molecular weight excluding hydrogens is 450 g/mol. The van der Waals surface area contributed by atoms with Gasteiger partial charge in [0.05, 0.1) is 22.3 Å². The summed E-state index contributed by atoms with van der Waals surface area (Å²) in [5.41, 5.74) is 8.00. The summed E-state index contributed by atoms with van der Waals surface area (Å²) >= 11 is 3.52. The maximum Gasteiger partial charge on any atom is 0.160 e. The first-order chi connectivity index (χ1) is 15.0. The third-order valence-electron chi connectivity index (χ3n) is 5.63. The van der Waals surface area contributed by atoms with E-state index in [1.807, 2.05) is 13.1 Å². The number of nitriles is 1. The zero-order valence-electron chi connectivity index (χ0n) is 18.4. The van der Waals surface area contributed by atoms with Crippen LogP contribution in [0.5, 0.6) is 0 Å². The summed E-state index contributed by atoms with van der Waals surface area (Å²) in [4.78, 5) is 9.71. The fourth-order valence-electron chi connectivity index (χ4n) is 4.17. The van der Waals surface area contributed by atoms with Crippen LogP contribution < -0.4 is 0 Å². The van der Waals surface area contributed by atoms with Crippen molar-refractivity contribution in [3.05, 3.63) is 69.2 Å². The van der Waals surface area contributed by atoms with Gasteiger partial charge in [0.15, 0.2) is 5.65 Å². The molecule has 4 rings (SSSR count). The summed E-state index contributed by atoms with van der Waals surface area (Å²) in [7, 11) is 0. The molecule has 0 saturated heterocycles. The van der Waals surface area contributed by atoms with Gasteiger partial charge >= 0.3 is 0 Å². The Labute approximate surface area is 191 Å². The van der Waals surface area contributed by atoms with Gasteiger partial charge in [-0.25, -0.2) is 9.97 Å². The topological polar surface area (TPSA) is 59.4 Å². The summed E-state index contributed by atoms with van der Waals surface area (Å²) in [6.45, 7) is 9.94. The average Bonchev–Trinajstić information content (AvgIpc) is 3.26. The van der Waals surface area contributed by atoms with Crippen molar-refractivity contribution < 1.29 is 0 Å². The largest absolute Gasteiger partial charge is 0.345 e. The molecule has 0 amide bonds. The maximum atomic E-state index is 9.61. The molecule has 0 radical (unpaired) electrons. The van der Waals surface area contributed by atoms with Crippen LogP contribution in [0.2, 0.25) is 0 Å². The minimum absolute atomic E-state index is 0.676. The molecule has 0 N–H and O–H groups in total. The normalized spacial score (nSPS) is 11.2. The van der Waals surface area contributed by atoms with Crippen LogP contribution in [0.25, 0.3) is 22.4 Å². The summed E-state index contributed by atoms with van der Waals surface area (Å²) in [6.07, 6.45) is 3.95. The quantitative estimate of drug-likeness (QED) is 0.334. The van der Waals surface area contributed by atoms with Crippen LogP contribution >= 0.6 is 15.9 Å². The van der Waals surface area contributed by atoms with E-state index >= 15 is 0 Å². The van der Waals surface area contributed by atoms with E-state index in [4.69, 9.17) is 9.97 Å². The second-order valence-electron chi connectivity index (χ2n) is 7.91. The van der Waals surface area contributed by atoms with Crippen LogP contribution in [0.3, 0.4) is 0 Å². The van der Waals surface area contributed by atoms with Crippen molar-refractivity contribution in [3.63, 3.8) is 0 Å². The van der Waals surface area contributed by atoms with Gasteiger partial charge in [-0.2, -0.15) is 5.26 Å². The first-order valence-corrected chi connectivity index (χ1v) is 11.5. The Balaban J connectivity index is 1.74. The fraction of sp³-hybridized carbons (Fsp3) is 0.320. The van der Waals surface area contributed by atoms with Crippen molar-refractivity contribution in [2.24, 2.45) is 0 Å².